The molecule has 8 nitrogen and oxygen atoms in total. The molecule has 0 spiro atoms. The summed E-state index contributed by atoms with van der Waals surface area (Å²) in [5.74, 6) is -2.47. The van der Waals surface area contributed by atoms with Crippen LogP contribution in [0.4, 0.5) is 0 Å². The van der Waals surface area contributed by atoms with Gasteiger partial charge in [0, 0.05) is 5.56 Å². The van der Waals surface area contributed by atoms with Crippen molar-refractivity contribution in [2.75, 3.05) is 0 Å². The van der Waals surface area contributed by atoms with Gasteiger partial charge in [0.05, 0.1) is 24.6 Å². The van der Waals surface area contributed by atoms with Gasteiger partial charge in [-0.1, -0.05) is 18.2 Å². The number of amides is 2. The standard InChI is InChI=1S/C15H13N3O5/c19-13(16-9-11-5-3-7-23-11)14(20)18-17-8-10-4-1-2-6-12(10)15(21)22/h1-8H,9H2,(H,16,19)(H,18,20)(H,21,22)/b17-8-. The van der Waals surface area contributed by atoms with Gasteiger partial charge in [-0.25, -0.2) is 10.2 Å². The normalized spacial score (nSPS) is 10.4. The molecular weight excluding hydrogens is 302 g/mol. The predicted octanol–water partition coefficient (Wildman–Crippen LogP) is 0.744. The summed E-state index contributed by atoms with van der Waals surface area (Å²) in [5, 5.41) is 14.9. The topological polar surface area (TPSA) is 121 Å². The van der Waals surface area contributed by atoms with Gasteiger partial charge in [0.1, 0.15) is 5.76 Å². The van der Waals surface area contributed by atoms with E-state index in [-0.39, 0.29) is 12.1 Å². The Labute approximate surface area is 130 Å². The Balaban J connectivity index is 1.88. The number of nitrogens with one attached hydrogen (secondary N) is 2. The summed E-state index contributed by atoms with van der Waals surface area (Å²) in [6.07, 6.45) is 2.60. The second kappa shape index (κ2) is 7.55. The maximum atomic E-state index is 11.5. The Morgan fingerprint density at radius 2 is 1.91 bits per heavy atom. The van der Waals surface area contributed by atoms with E-state index in [2.05, 4.69) is 10.4 Å². The summed E-state index contributed by atoms with van der Waals surface area (Å²) in [6.45, 7) is 0.0742. The van der Waals surface area contributed by atoms with Gasteiger partial charge in [0.2, 0.25) is 0 Å². The molecule has 0 saturated carbocycles. The van der Waals surface area contributed by atoms with Crippen molar-refractivity contribution in [3.05, 3.63) is 59.5 Å². The summed E-state index contributed by atoms with van der Waals surface area (Å²) in [7, 11) is 0. The van der Waals surface area contributed by atoms with E-state index in [0.717, 1.165) is 6.21 Å². The zero-order chi connectivity index (χ0) is 16.7. The molecule has 8 heteroatoms. The Morgan fingerprint density at radius 3 is 2.61 bits per heavy atom. The summed E-state index contributed by atoms with van der Waals surface area (Å²) in [6, 6.07) is 9.44. The number of rotatable bonds is 5. The summed E-state index contributed by atoms with van der Waals surface area (Å²) < 4.78 is 5.01. The largest absolute Gasteiger partial charge is 0.478 e. The van der Waals surface area contributed by atoms with Crippen molar-refractivity contribution < 1.29 is 23.9 Å². The van der Waals surface area contributed by atoms with Crippen molar-refractivity contribution in [2.45, 2.75) is 6.54 Å². The number of carbonyl (C=O) groups is 3. The molecule has 3 N–H and O–H groups in total. The van der Waals surface area contributed by atoms with Gasteiger partial charge >= 0.3 is 17.8 Å². The smallest absolute Gasteiger partial charge is 0.336 e. The predicted molar refractivity (Wildman–Crippen MR) is 79.7 cm³/mol. The van der Waals surface area contributed by atoms with Gasteiger partial charge < -0.3 is 14.8 Å². The van der Waals surface area contributed by atoms with Crippen LogP contribution in [0.3, 0.4) is 0 Å². The number of hydrogen-bond acceptors (Lipinski definition) is 5. The molecule has 118 valence electrons. The SMILES string of the molecule is O=C(NCc1ccco1)C(=O)N/N=C\c1ccccc1C(=O)O. The van der Waals surface area contributed by atoms with Crippen molar-refractivity contribution >= 4 is 24.0 Å². The molecule has 0 aliphatic carbocycles. The van der Waals surface area contributed by atoms with Crippen LogP contribution in [0.5, 0.6) is 0 Å². The van der Waals surface area contributed by atoms with Crippen molar-refractivity contribution in [3.63, 3.8) is 0 Å². The molecule has 2 rings (SSSR count). The van der Waals surface area contributed by atoms with Crippen LogP contribution in [0.25, 0.3) is 0 Å². The van der Waals surface area contributed by atoms with Crippen LogP contribution >= 0.6 is 0 Å². The summed E-state index contributed by atoms with van der Waals surface area (Å²) >= 11 is 0. The molecule has 0 aliphatic rings. The molecule has 0 saturated heterocycles. The fourth-order valence-corrected chi connectivity index (χ4v) is 1.68. The lowest BCUT2D eigenvalue weighted by Crippen LogP contribution is -2.37. The summed E-state index contributed by atoms with van der Waals surface area (Å²) in [5.41, 5.74) is 2.36. The highest BCUT2D eigenvalue weighted by Crippen LogP contribution is 2.05. The molecular formula is C15H13N3O5. The maximum Gasteiger partial charge on any atom is 0.336 e. The molecule has 2 aromatic rings. The number of carbonyl (C=O) groups excluding carboxylic acids is 2. The first-order valence-electron chi connectivity index (χ1n) is 6.54. The zero-order valence-corrected chi connectivity index (χ0v) is 11.9. The first kappa shape index (κ1) is 16.0. The van der Waals surface area contributed by atoms with E-state index >= 15 is 0 Å². The molecule has 0 atom stereocenters. The first-order chi connectivity index (χ1) is 11.1. The van der Waals surface area contributed by atoms with Gasteiger partial charge in [0.25, 0.3) is 0 Å². The van der Waals surface area contributed by atoms with E-state index in [4.69, 9.17) is 9.52 Å². The van der Waals surface area contributed by atoms with Gasteiger partial charge in [-0.2, -0.15) is 5.10 Å². The second-order valence-corrected chi connectivity index (χ2v) is 4.35. The lowest BCUT2D eigenvalue weighted by Gasteiger charge is -2.02. The van der Waals surface area contributed by atoms with E-state index in [1.807, 2.05) is 5.43 Å². The molecule has 0 unspecified atom stereocenters. The van der Waals surface area contributed by atoms with Crippen LogP contribution in [0.15, 0.2) is 52.2 Å². The van der Waals surface area contributed by atoms with Crippen LogP contribution in [-0.4, -0.2) is 29.1 Å². The quantitative estimate of drug-likeness (QED) is 0.427. The van der Waals surface area contributed by atoms with Crippen molar-refractivity contribution in [1.29, 1.82) is 0 Å². The Hall–Kier alpha value is -3.42. The Morgan fingerprint density at radius 1 is 1.13 bits per heavy atom. The minimum absolute atomic E-state index is 0.0350. The number of aromatic carboxylic acids is 1. The van der Waals surface area contributed by atoms with Crippen LogP contribution in [0.2, 0.25) is 0 Å². The molecule has 1 aromatic carbocycles. The zero-order valence-electron chi connectivity index (χ0n) is 11.9. The van der Waals surface area contributed by atoms with Crippen molar-refractivity contribution in [3.8, 4) is 0 Å². The van der Waals surface area contributed by atoms with E-state index in [1.54, 1.807) is 24.3 Å². The van der Waals surface area contributed by atoms with E-state index in [1.165, 1.54) is 18.4 Å². The molecule has 0 fully saturated rings. The van der Waals surface area contributed by atoms with Crippen LogP contribution in [0, 0.1) is 0 Å². The first-order valence-corrected chi connectivity index (χ1v) is 6.54. The number of nitrogens with zero attached hydrogens (tertiary/aromatic N) is 1. The van der Waals surface area contributed by atoms with Crippen LogP contribution < -0.4 is 10.7 Å². The second-order valence-electron chi connectivity index (χ2n) is 4.35. The number of furan rings is 1. The Kier molecular flexibility index (Phi) is 5.24. The van der Waals surface area contributed by atoms with Gasteiger partial charge in [0.15, 0.2) is 0 Å². The monoisotopic (exact) mass is 315 g/mol. The fourth-order valence-electron chi connectivity index (χ4n) is 1.68. The number of hydrogen-bond donors (Lipinski definition) is 3. The minimum Gasteiger partial charge on any atom is -0.478 e. The Bertz CT molecular complexity index is 737. The van der Waals surface area contributed by atoms with E-state index < -0.39 is 17.8 Å². The minimum atomic E-state index is -1.12. The average molecular weight is 315 g/mol. The molecule has 23 heavy (non-hydrogen) atoms. The van der Waals surface area contributed by atoms with Crippen LogP contribution in [-0.2, 0) is 16.1 Å². The third-order valence-electron chi connectivity index (χ3n) is 2.77. The van der Waals surface area contributed by atoms with E-state index in [0.29, 0.717) is 11.3 Å². The highest BCUT2D eigenvalue weighted by Gasteiger charge is 2.13. The number of carboxylic acid groups (broad SMARTS) is 1. The molecule has 0 aliphatic heterocycles. The van der Waals surface area contributed by atoms with Crippen LogP contribution in [0.1, 0.15) is 21.7 Å². The van der Waals surface area contributed by atoms with Gasteiger partial charge in [-0.05, 0) is 18.2 Å². The molecule has 0 bridgehead atoms. The molecule has 1 aromatic heterocycles. The lowest BCUT2D eigenvalue weighted by atomic mass is 10.1. The maximum absolute atomic E-state index is 11.5. The lowest BCUT2D eigenvalue weighted by molar-refractivity contribution is -0.139. The third kappa shape index (κ3) is 4.53. The molecule has 2 amide bonds. The van der Waals surface area contributed by atoms with Gasteiger partial charge in [-0.15, -0.1) is 0 Å². The highest BCUT2D eigenvalue weighted by atomic mass is 16.4. The number of hydrazone groups is 1. The fraction of sp³-hybridized carbons (Fsp3) is 0.0667. The molecule has 0 radical (unpaired) electrons. The van der Waals surface area contributed by atoms with Crippen molar-refractivity contribution in [2.24, 2.45) is 5.10 Å². The number of carboxylic acids is 1. The summed E-state index contributed by atoms with van der Waals surface area (Å²) in [4.78, 5) is 34.1. The third-order valence-corrected chi connectivity index (χ3v) is 2.77. The van der Waals surface area contributed by atoms with E-state index in [9.17, 15) is 14.4 Å². The number of benzene rings is 1. The van der Waals surface area contributed by atoms with Gasteiger partial charge in [-0.3, -0.25) is 9.59 Å². The van der Waals surface area contributed by atoms with Crippen molar-refractivity contribution in [1.82, 2.24) is 10.7 Å². The average Bonchev–Trinajstić information content (AvgIpc) is 3.06. The highest BCUT2D eigenvalue weighted by molar-refractivity contribution is 6.35. The molecule has 1 heterocycles.